The molecule has 19 heavy (non-hydrogen) atoms. The van der Waals surface area contributed by atoms with Gasteiger partial charge in [-0.25, -0.2) is 0 Å². The minimum atomic E-state index is -0.261. The van der Waals surface area contributed by atoms with E-state index in [2.05, 4.69) is 33.8 Å². The highest BCUT2D eigenvalue weighted by atomic mass is 16.5. The predicted octanol–water partition coefficient (Wildman–Crippen LogP) is 3.89. The summed E-state index contributed by atoms with van der Waals surface area (Å²) in [6, 6.07) is 2.14. The third kappa shape index (κ3) is 2.66. The van der Waals surface area contributed by atoms with Gasteiger partial charge in [0.2, 0.25) is 0 Å². The van der Waals surface area contributed by atoms with Crippen LogP contribution in [0, 0.1) is 0 Å². The molecule has 1 aromatic rings. The molecule has 0 bridgehead atoms. The van der Waals surface area contributed by atoms with Crippen molar-refractivity contribution in [1.29, 1.82) is 0 Å². The highest BCUT2D eigenvalue weighted by Gasteiger charge is 2.26. The van der Waals surface area contributed by atoms with Crippen LogP contribution in [0.2, 0.25) is 0 Å². The Morgan fingerprint density at radius 3 is 2.42 bits per heavy atom. The first kappa shape index (κ1) is 14.1. The second-order valence-corrected chi connectivity index (χ2v) is 5.74. The molecule has 0 spiro atoms. The van der Waals surface area contributed by atoms with E-state index in [1.54, 1.807) is 0 Å². The van der Waals surface area contributed by atoms with Crippen LogP contribution in [0.5, 0.6) is 5.75 Å². The first-order chi connectivity index (χ1) is 8.91. The minimum Gasteiger partial charge on any atom is -0.426 e. The highest BCUT2D eigenvalue weighted by molar-refractivity contribution is 5.71. The molecule has 1 aliphatic rings. The molecule has 0 amide bonds. The highest BCUT2D eigenvalue weighted by Crippen LogP contribution is 2.41. The molecule has 0 fully saturated rings. The number of carbonyl (C=O) groups excluding carboxylic acids is 1. The van der Waals surface area contributed by atoms with Gasteiger partial charge in [0.05, 0.1) is 13.2 Å². The van der Waals surface area contributed by atoms with Crippen molar-refractivity contribution in [2.24, 2.45) is 0 Å². The maximum absolute atomic E-state index is 11.4. The van der Waals surface area contributed by atoms with Crippen molar-refractivity contribution in [3.63, 3.8) is 0 Å². The summed E-state index contributed by atoms with van der Waals surface area (Å²) in [7, 11) is 0. The largest absolute Gasteiger partial charge is 0.426 e. The fraction of sp³-hybridized carbons (Fsp3) is 0.562. The molecule has 104 valence electrons. The lowest BCUT2D eigenvalue weighted by atomic mass is 9.87. The Kier molecular flexibility index (Phi) is 3.95. The van der Waals surface area contributed by atoms with Gasteiger partial charge in [0.15, 0.2) is 0 Å². The van der Waals surface area contributed by atoms with E-state index in [1.807, 2.05) is 0 Å². The fourth-order valence-corrected chi connectivity index (χ4v) is 2.67. The Morgan fingerprint density at radius 1 is 1.21 bits per heavy atom. The van der Waals surface area contributed by atoms with Crippen molar-refractivity contribution < 1.29 is 14.3 Å². The van der Waals surface area contributed by atoms with Gasteiger partial charge in [0.25, 0.3) is 0 Å². The zero-order valence-electron chi connectivity index (χ0n) is 12.4. The van der Waals surface area contributed by atoms with Gasteiger partial charge in [-0.15, -0.1) is 0 Å². The SMILES string of the molecule is CC(=O)Oc1c(C(C)C)cc2c(c1C(C)C)COC2. The summed E-state index contributed by atoms with van der Waals surface area (Å²) in [5.41, 5.74) is 4.68. The number of ether oxygens (including phenoxy) is 2. The average Bonchev–Trinajstić information content (AvgIpc) is 2.73. The summed E-state index contributed by atoms with van der Waals surface area (Å²) in [5, 5.41) is 0. The molecule has 2 rings (SSSR count). The summed E-state index contributed by atoms with van der Waals surface area (Å²) in [5.74, 6) is 1.12. The van der Waals surface area contributed by atoms with Gasteiger partial charge < -0.3 is 9.47 Å². The lowest BCUT2D eigenvalue weighted by Gasteiger charge is -2.21. The normalized spacial score (nSPS) is 14.1. The van der Waals surface area contributed by atoms with E-state index in [1.165, 1.54) is 18.1 Å². The van der Waals surface area contributed by atoms with Gasteiger partial charge >= 0.3 is 5.97 Å². The number of rotatable bonds is 3. The molecule has 0 aromatic heterocycles. The molecular weight excluding hydrogens is 240 g/mol. The van der Waals surface area contributed by atoms with Crippen LogP contribution in [0.15, 0.2) is 6.07 Å². The maximum atomic E-state index is 11.4. The average molecular weight is 262 g/mol. The Hall–Kier alpha value is -1.35. The molecule has 0 aliphatic carbocycles. The number of hydrogen-bond donors (Lipinski definition) is 0. The van der Waals surface area contributed by atoms with E-state index in [0.717, 1.165) is 16.9 Å². The standard InChI is InChI=1S/C16H22O3/c1-9(2)13-6-12-7-18-8-14(12)15(10(3)4)16(13)19-11(5)17/h6,9-10H,7-8H2,1-5H3. The summed E-state index contributed by atoms with van der Waals surface area (Å²) >= 11 is 0. The molecule has 0 radical (unpaired) electrons. The van der Waals surface area contributed by atoms with Crippen LogP contribution in [0.4, 0.5) is 0 Å². The van der Waals surface area contributed by atoms with Crippen LogP contribution in [0.3, 0.4) is 0 Å². The molecule has 0 unspecified atom stereocenters. The summed E-state index contributed by atoms with van der Waals surface area (Å²) in [4.78, 5) is 11.4. The van der Waals surface area contributed by atoms with Crippen molar-refractivity contribution >= 4 is 5.97 Å². The minimum absolute atomic E-state index is 0.261. The second-order valence-electron chi connectivity index (χ2n) is 5.74. The summed E-state index contributed by atoms with van der Waals surface area (Å²) in [6.07, 6.45) is 0. The van der Waals surface area contributed by atoms with Gasteiger partial charge in [0.1, 0.15) is 5.75 Å². The third-order valence-electron chi connectivity index (χ3n) is 3.50. The number of hydrogen-bond acceptors (Lipinski definition) is 3. The first-order valence-electron chi connectivity index (χ1n) is 6.86. The molecule has 3 nitrogen and oxygen atoms in total. The van der Waals surface area contributed by atoms with E-state index < -0.39 is 0 Å². The van der Waals surface area contributed by atoms with Crippen molar-refractivity contribution in [1.82, 2.24) is 0 Å². The van der Waals surface area contributed by atoms with Gasteiger partial charge in [-0.1, -0.05) is 27.7 Å². The molecule has 0 saturated heterocycles. The number of carbonyl (C=O) groups is 1. The van der Waals surface area contributed by atoms with E-state index in [4.69, 9.17) is 9.47 Å². The Morgan fingerprint density at radius 2 is 1.89 bits per heavy atom. The maximum Gasteiger partial charge on any atom is 0.308 e. The topological polar surface area (TPSA) is 35.5 Å². The number of esters is 1. The van der Waals surface area contributed by atoms with Gasteiger partial charge in [-0.05, 0) is 34.6 Å². The van der Waals surface area contributed by atoms with Gasteiger partial charge in [0, 0.05) is 12.5 Å². The van der Waals surface area contributed by atoms with E-state index in [0.29, 0.717) is 25.0 Å². The van der Waals surface area contributed by atoms with Gasteiger partial charge in [-0.3, -0.25) is 4.79 Å². The monoisotopic (exact) mass is 262 g/mol. The zero-order valence-corrected chi connectivity index (χ0v) is 12.4. The molecule has 0 atom stereocenters. The molecule has 3 heteroatoms. The molecule has 0 saturated carbocycles. The van der Waals surface area contributed by atoms with Crippen LogP contribution in [-0.4, -0.2) is 5.97 Å². The van der Waals surface area contributed by atoms with Crippen LogP contribution >= 0.6 is 0 Å². The Balaban J connectivity index is 2.68. The lowest BCUT2D eigenvalue weighted by molar-refractivity contribution is -0.132. The van der Waals surface area contributed by atoms with Crippen molar-refractivity contribution in [2.75, 3.05) is 0 Å². The quantitative estimate of drug-likeness (QED) is 0.612. The van der Waals surface area contributed by atoms with Crippen LogP contribution < -0.4 is 4.74 Å². The third-order valence-corrected chi connectivity index (χ3v) is 3.50. The molecular formula is C16H22O3. The van der Waals surface area contributed by atoms with Crippen LogP contribution in [0.25, 0.3) is 0 Å². The van der Waals surface area contributed by atoms with Crippen molar-refractivity contribution in [2.45, 2.75) is 59.7 Å². The predicted molar refractivity (Wildman–Crippen MR) is 74.4 cm³/mol. The number of fused-ring (bicyclic) bond motifs is 1. The summed E-state index contributed by atoms with van der Waals surface area (Å²) in [6.45, 7) is 11.2. The lowest BCUT2D eigenvalue weighted by Crippen LogP contribution is -2.11. The smallest absolute Gasteiger partial charge is 0.308 e. The Bertz CT molecular complexity index is 501. The zero-order chi connectivity index (χ0) is 14.2. The Labute approximate surface area is 114 Å². The van der Waals surface area contributed by atoms with E-state index >= 15 is 0 Å². The van der Waals surface area contributed by atoms with Crippen LogP contribution in [-0.2, 0) is 22.7 Å². The number of benzene rings is 1. The first-order valence-corrected chi connectivity index (χ1v) is 6.86. The van der Waals surface area contributed by atoms with E-state index in [-0.39, 0.29) is 5.97 Å². The summed E-state index contributed by atoms with van der Waals surface area (Å²) < 4.78 is 11.1. The van der Waals surface area contributed by atoms with E-state index in [9.17, 15) is 4.79 Å². The molecule has 1 aromatic carbocycles. The van der Waals surface area contributed by atoms with Crippen LogP contribution in [0.1, 0.15) is 68.7 Å². The molecule has 1 aliphatic heterocycles. The molecule has 0 N–H and O–H groups in total. The fourth-order valence-electron chi connectivity index (χ4n) is 2.67. The van der Waals surface area contributed by atoms with Crippen molar-refractivity contribution in [3.05, 3.63) is 28.3 Å². The van der Waals surface area contributed by atoms with Crippen molar-refractivity contribution in [3.8, 4) is 5.75 Å². The second kappa shape index (κ2) is 5.33. The molecule has 1 heterocycles. The van der Waals surface area contributed by atoms with Gasteiger partial charge in [-0.2, -0.15) is 0 Å².